The fourth-order valence-electron chi connectivity index (χ4n) is 0. The first-order valence-corrected chi connectivity index (χ1v) is 1.94. The van der Waals surface area contributed by atoms with Crippen LogP contribution < -0.4 is 0 Å². The monoisotopic (exact) mass is 199 g/mol. The van der Waals surface area contributed by atoms with Crippen LogP contribution in [0.2, 0.25) is 0 Å². The number of alkyl halides is 3. The van der Waals surface area contributed by atoms with E-state index < -0.39 is 4.22 Å². The summed E-state index contributed by atoms with van der Waals surface area (Å²) in [4.78, 5) is 0. The van der Waals surface area contributed by atoms with Crippen molar-refractivity contribution in [1.82, 2.24) is 0 Å². The van der Waals surface area contributed by atoms with E-state index in [1.807, 2.05) is 0 Å². The third-order valence-electron chi connectivity index (χ3n) is 0. The summed E-state index contributed by atoms with van der Waals surface area (Å²) in [5.74, 6) is 0. The molecule has 0 aliphatic heterocycles. The van der Waals surface area contributed by atoms with Crippen molar-refractivity contribution in [1.29, 1.82) is 0 Å². The van der Waals surface area contributed by atoms with Crippen LogP contribution in [0.15, 0.2) is 0 Å². The molecule has 0 amide bonds. The van der Waals surface area contributed by atoms with E-state index in [9.17, 15) is 13.2 Å². The predicted octanol–water partition coefficient (Wildman–Crippen LogP) is 0.675. The van der Waals surface area contributed by atoms with Gasteiger partial charge in [0.25, 0.3) is 0 Å². The molecule has 0 saturated carbocycles. The normalized spacial score (nSPS) is 12.0. The van der Waals surface area contributed by atoms with Crippen LogP contribution in [0.5, 0.6) is 0 Å². The molecule has 0 aromatic rings. The Kier molecular flexibility index (Phi) is 1.51. The van der Waals surface area contributed by atoms with Crippen LogP contribution in [0, 0.1) is 0 Å². The van der Waals surface area contributed by atoms with E-state index in [2.05, 4.69) is 0 Å². The van der Waals surface area contributed by atoms with Gasteiger partial charge in [-0.2, -0.15) is 0 Å². The molecule has 0 atom stereocenters. The second-order valence-electron chi connectivity index (χ2n) is 0.446. The first kappa shape index (κ1) is 5.58. The Bertz CT molecular complexity index is 22.4. The molecule has 0 fully saturated rings. The summed E-state index contributed by atoms with van der Waals surface area (Å²) in [5.41, 5.74) is 0. The topological polar surface area (TPSA) is 0 Å². The van der Waals surface area contributed by atoms with Crippen LogP contribution in [0.3, 0.4) is 0 Å². The molecule has 0 aromatic heterocycles. The van der Waals surface area contributed by atoms with Gasteiger partial charge in [0, 0.05) is 0 Å². The summed E-state index contributed by atoms with van der Waals surface area (Å²) in [6.45, 7) is 0. The molecule has 5 heavy (non-hydrogen) atoms. The molecule has 0 heterocycles. The van der Waals surface area contributed by atoms with Gasteiger partial charge in [0.2, 0.25) is 0 Å². The van der Waals surface area contributed by atoms with Crippen molar-refractivity contribution in [3.05, 3.63) is 0 Å². The van der Waals surface area contributed by atoms with Gasteiger partial charge in [-0.05, 0) is 0 Å². The molecular formula is CF3Te. The van der Waals surface area contributed by atoms with Crippen LogP contribution in [-0.4, -0.2) is 26.5 Å². The third kappa shape index (κ3) is 90.7. The summed E-state index contributed by atoms with van der Waals surface area (Å²) in [5, 5.41) is 0. The summed E-state index contributed by atoms with van der Waals surface area (Å²) in [7, 11) is 0. The minimum absolute atomic E-state index is 0.124. The van der Waals surface area contributed by atoms with Gasteiger partial charge < -0.3 is 0 Å². The fraction of sp³-hybridized carbons (Fsp3) is 1.00. The fourth-order valence-corrected chi connectivity index (χ4v) is 0. The van der Waals surface area contributed by atoms with E-state index in [-0.39, 0.29) is 22.3 Å². The second kappa shape index (κ2) is 1.36. The maximum atomic E-state index is 10.4. The average Bonchev–Trinajstić information content (AvgIpc) is 0.722. The molecule has 0 aromatic carbocycles. The SMILES string of the molecule is FC(F)(F)[Te]. The zero-order valence-corrected chi connectivity index (χ0v) is 4.37. The van der Waals surface area contributed by atoms with Gasteiger partial charge in [0.15, 0.2) is 0 Å². The Labute approximate surface area is 40.3 Å². The van der Waals surface area contributed by atoms with Gasteiger partial charge in [-0.3, -0.25) is 0 Å². The molecule has 0 rings (SSSR count). The van der Waals surface area contributed by atoms with Crippen LogP contribution in [0.25, 0.3) is 0 Å². The zero-order valence-electron chi connectivity index (χ0n) is 2.04. The van der Waals surface area contributed by atoms with Crippen molar-refractivity contribution in [3.8, 4) is 0 Å². The number of hydrogen-bond acceptors (Lipinski definition) is 0. The Morgan fingerprint density at radius 2 is 1.20 bits per heavy atom. The molecule has 0 nitrogen and oxygen atoms in total. The van der Waals surface area contributed by atoms with E-state index in [1.165, 1.54) is 0 Å². The van der Waals surface area contributed by atoms with E-state index in [0.717, 1.165) is 0 Å². The van der Waals surface area contributed by atoms with Crippen molar-refractivity contribution >= 4 is 22.3 Å². The van der Waals surface area contributed by atoms with Crippen LogP contribution in [-0.2, 0) is 0 Å². The summed E-state index contributed by atoms with van der Waals surface area (Å²) in [6, 6.07) is 0. The van der Waals surface area contributed by atoms with Gasteiger partial charge in [0.1, 0.15) is 0 Å². The Morgan fingerprint density at radius 3 is 1.20 bits per heavy atom. The van der Waals surface area contributed by atoms with E-state index in [1.54, 1.807) is 0 Å². The van der Waals surface area contributed by atoms with Crippen molar-refractivity contribution in [2.24, 2.45) is 0 Å². The van der Waals surface area contributed by atoms with Gasteiger partial charge in [0.05, 0.1) is 0 Å². The van der Waals surface area contributed by atoms with Crippen LogP contribution >= 0.6 is 0 Å². The maximum absolute atomic E-state index is 10.4. The van der Waals surface area contributed by atoms with Crippen molar-refractivity contribution < 1.29 is 13.2 Å². The first-order chi connectivity index (χ1) is 2.00. The van der Waals surface area contributed by atoms with Gasteiger partial charge >= 0.3 is 39.7 Å². The van der Waals surface area contributed by atoms with Crippen molar-refractivity contribution in [2.45, 2.75) is 4.22 Å². The number of hydrogen-bond donors (Lipinski definition) is 0. The summed E-state index contributed by atoms with van der Waals surface area (Å²) < 4.78 is 27.1. The quantitative estimate of drug-likeness (QED) is 0.500. The van der Waals surface area contributed by atoms with Crippen molar-refractivity contribution in [2.75, 3.05) is 0 Å². The first-order valence-electron chi connectivity index (χ1n) is 0.771. The molecule has 0 bridgehead atoms. The summed E-state index contributed by atoms with van der Waals surface area (Å²) in [6.07, 6.45) is 0. The molecule has 0 spiro atoms. The number of halogens is 3. The van der Waals surface area contributed by atoms with Gasteiger partial charge in [-0.15, -0.1) is 0 Å². The Morgan fingerprint density at radius 1 is 1.20 bits per heavy atom. The molecule has 0 aliphatic carbocycles. The second-order valence-corrected chi connectivity index (χ2v) is 1.77. The molecule has 1 radical (unpaired) electrons. The van der Waals surface area contributed by atoms with Crippen LogP contribution in [0.4, 0.5) is 13.2 Å². The minimum atomic E-state index is -3.99. The average molecular weight is 197 g/mol. The molecule has 31 valence electrons. The molecular weight excluding hydrogens is 197 g/mol. The predicted molar refractivity (Wildman–Crippen MR) is 11.8 cm³/mol. The molecule has 0 N–H and O–H groups in total. The Hall–Kier alpha value is 0.580. The zero-order chi connectivity index (χ0) is 4.50. The van der Waals surface area contributed by atoms with Crippen LogP contribution in [0.1, 0.15) is 0 Å². The van der Waals surface area contributed by atoms with E-state index >= 15 is 0 Å². The van der Waals surface area contributed by atoms with Gasteiger partial charge in [-0.1, -0.05) is 0 Å². The standard InChI is InChI=1S/CF3Te/c2-1(3,4)5. The molecule has 0 aliphatic rings. The number of rotatable bonds is 0. The van der Waals surface area contributed by atoms with E-state index in [4.69, 9.17) is 0 Å². The molecule has 0 unspecified atom stereocenters. The molecule has 4 heteroatoms. The Balaban J connectivity index is 3.02. The molecule has 0 saturated heterocycles. The van der Waals surface area contributed by atoms with Crippen molar-refractivity contribution in [3.63, 3.8) is 0 Å². The van der Waals surface area contributed by atoms with Gasteiger partial charge in [-0.25, -0.2) is 0 Å². The van der Waals surface area contributed by atoms with E-state index in [0.29, 0.717) is 0 Å². The third-order valence-corrected chi connectivity index (χ3v) is 0. The summed E-state index contributed by atoms with van der Waals surface area (Å²) >= 11 is 0.124.